The van der Waals surface area contributed by atoms with Crippen molar-refractivity contribution in [2.24, 2.45) is 0 Å². The quantitative estimate of drug-likeness (QED) is 0.674. The van der Waals surface area contributed by atoms with Crippen LogP contribution in [-0.2, 0) is 24.3 Å². The van der Waals surface area contributed by atoms with Crippen molar-refractivity contribution in [3.63, 3.8) is 0 Å². The number of sulfonamides is 1. The molecule has 0 amide bonds. The topological polar surface area (TPSA) is 90.0 Å². The average molecular weight is 391 g/mol. The molecule has 2 aromatic carbocycles. The lowest BCUT2D eigenvalue weighted by Crippen LogP contribution is -2.36. The van der Waals surface area contributed by atoms with Crippen molar-refractivity contribution in [1.29, 1.82) is 0 Å². The summed E-state index contributed by atoms with van der Waals surface area (Å²) in [6.07, 6.45) is 0. The third kappa shape index (κ3) is 4.85. The summed E-state index contributed by atoms with van der Waals surface area (Å²) in [6, 6.07) is 12.1. The van der Waals surface area contributed by atoms with E-state index in [1.54, 1.807) is 19.1 Å². The highest BCUT2D eigenvalue weighted by Crippen LogP contribution is 2.24. The Labute approximate surface area is 158 Å². The number of esters is 2. The third-order valence-corrected chi connectivity index (χ3v) is 5.55. The predicted molar refractivity (Wildman–Crippen MR) is 100 cm³/mol. The fourth-order valence-corrected chi connectivity index (χ4v) is 3.77. The number of benzene rings is 2. The van der Waals surface area contributed by atoms with Crippen LogP contribution in [0.25, 0.3) is 0 Å². The summed E-state index contributed by atoms with van der Waals surface area (Å²) in [5.74, 6) is -1.22. The Morgan fingerprint density at radius 3 is 2.11 bits per heavy atom. The maximum atomic E-state index is 13.1. The molecule has 0 saturated heterocycles. The van der Waals surface area contributed by atoms with Crippen LogP contribution in [0.1, 0.15) is 22.8 Å². The number of hydrogen-bond donors (Lipinski definition) is 0. The zero-order valence-corrected chi connectivity index (χ0v) is 16.2. The Hall–Kier alpha value is -2.87. The van der Waals surface area contributed by atoms with Crippen LogP contribution >= 0.6 is 0 Å². The van der Waals surface area contributed by atoms with Gasteiger partial charge in [-0.2, -0.15) is 0 Å². The number of ether oxygens (including phenoxy) is 2. The van der Waals surface area contributed by atoms with Gasteiger partial charge in [-0.05, 0) is 50.2 Å². The molecule has 0 unspecified atom stereocenters. The van der Waals surface area contributed by atoms with Crippen LogP contribution in [0.4, 0.5) is 5.69 Å². The summed E-state index contributed by atoms with van der Waals surface area (Å²) in [5.41, 5.74) is 1.41. The van der Waals surface area contributed by atoms with E-state index in [-0.39, 0.29) is 22.8 Å². The maximum absolute atomic E-state index is 13.1. The van der Waals surface area contributed by atoms with Crippen LogP contribution in [0.5, 0.6) is 0 Å². The Morgan fingerprint density at radius 1 is 1.00 bits per heavy atom. The van der Waals surface area contributed by atoms with Gasteiger partial charge in [0.1, 0.15) is 6.54 Å². The number of hydrogen-bond acceptors (Lipinski definition) is 6. The van der Waals surface area contributed by atoms with Crippen LogP contribution in [0.3, 0.4) is 0 Å². The molecule has 0 aliphatic carbocycles. The summed E-state index contributed by atoms with van der Waals surface area (Å²) in [5, 5.41) is 0. The Kier molecular flexibility index (Phi) is 6.57. The van der Waals surface area contributed by atoms with E-state index in [1.165, 1.54) is 43.5 Å². The highest BCUT2D eigenvalue weighted by atomic mass is 32.2. The molecule has 2 aromatic rings. The Bertz CT molecular complexity index is 904. The molecule has 0 bridgehead atoms. The van der Waals surface area contributed by atoms with Gasteiger partial charge in [-0.15, -0.1) is 0 Å². The Morgan fingerprint density at radius 2 is 1.59 bits per heavy atom. The van der Waals surface area contributed by atoms with Crippen molar-refractivity contribution in [3.05, 3.63) is 59.7 Å². The molecule has 0 aliphatic heterocycles. The van der Waals surface area contributed by atoms with Crippen molar-refractivity contribution in [3.8, 4) is 0 Å². The number of rotatable bonds is 7. The molecule has 144 valence electrons. The van der Waals surface area contributed by atoms with Crippen molar-refractivity contribution >= 4 is 27.6 Å². The number of aryl methyl sites for hydroxylation is 1. The van der Waals surface area contributed by atoms with Gasteiger partial charge in [-0.25, -0.2) is 13.2 Å². The second-order valence-corrected chi connectivity index (χ2v) is 7.53. The number of nitrogens with zero attached hydrogens (tertiary/aromatic N) is 1. The number of carbonyl (C=O) groups excluding carboxylic acids is 2. The molecule has 0 N–H and O–H groups in total. The van der Waals surface area contributed by atoms with Gasteiger partial charge in [0.05, 0.1) is 29.9 Å². The van der Waals surface area contributed by atoms with Crippen LogP contribution < -0.4 is 4.31 Å². The van der Waals surface area contributed by atoms with Gasteiger partial charge in [-0.3, -0.25) is 9.10 Å². The molecule has 0 radical (unpaired) electrons. The lowest BCUT2D eigenvalue weighted by molar-refractivity contribution is -0.141. The minimum Gasteiger partial charge on any atom is -0.465 e. The maximum Gasteiger partial charge on any atom is 0.337 e. The molecule has 2 rings (SSSR count). The van der Waals surface area contributed by atoms with Crippen LogP contribution in [0, 0.1) is 6.92 Å². The van der Waals surface area contributed by atoms with E-state index in [0.717, 1.165) is 9.87 Å². The van der Waals surface area contributed by atoms with Crippen molar-refractivity contribution < 1.29 is 27.5 Å². The van der Waals surface area contributed by atoms with E-state index in [4.69, 9.17) is 4.74 Å². The minimum absolute atomic E-state index is 0.0504. The molecule has 8 heteroatoms. The first-order chi connectivity index (χ1) is 12.8. The van der Waals surface area contributed by atoms with Crippen molar-refractivity contribution in [2.75, 3.05) is 24.6 Å². The van der Waals surface area contributed by atoms with Gasteiger partial charge in [0.2, 0.25) is 0 Å². The standard InChI is InChI=1S/C19H21NO6S/c1-4-26-18(21)13-20(16-9-7-15(8-10-16)19(22)25-3)27(23,24)17-11-5-14(2)6-12-17/h5-12H,4,13H2,1-3H3. The average Bonchev–Trinajstić information content (AvgIpc) is 2.66. The molecule has 0 spiro atoms. The Balaban J connectivity index is 2.46. The van der Waals surface area contributed by atoms with Gasteiger partial charge < -0.3 is 9.47 Å². The lowest BCUT2D eigenvalue weighted by Gasteiger charge is -2.23. The summed E-state index contributed by atoms with van der Waals surface area (Å²) in [4.78, 5) is 23.6. The monoisotopic (exact) mass is 391 g/mol. The number of carbonyl (C=O) groups is 2. The van der Waals surface area contributed by atoms with E-state index < -0.39 is 28.5 Å². The second-order valence-electron chi connectivity index (χ2n) is 5.67. The fourth-order valence-electron chi connectivity index (χ4n) is 2.36. The first-order valence-electron chi connectivity index (χ1n) is 8.23. The van der Waals surface area contributed by atoms with E-state index >= 15 is 0 Å². The molecule has 0 heterocycles. The van der Waals surface area contributed by atoms with Gasteiger partial charge >= 0.3 is 11.9 Å². The smallest absolute Gasteiger partial charge is 0.337 e. The number of anilines is 1. The zero-order valence-electron chi connectivity index (χ0n) is 15.3. The van der Waals surface area contributed by atoms with E-state index in [9.17, 15) is 18.0 Å². The van der Waals surface area contributed by atoms with Crippen molar-refractivity contribution in [1.82, 2.24) is 0 Å². The third-order valence-electron chi connectivity index (χ3n) is 3.76. The molecule has 7 nitrogen and oxygen atoms in total. The molecule has 0 atom stereocenters. The summed E-state index contributed by atoms with van der Waals surface area (Å²) >= 11 is 0. The predicted octanol–water partition coefficient (Wildman–Crippen LogP) is 2.54. The fraction of sp³-hybridized carbons (Fsp3) is 0.263. The van der Waals surface area contributed by atoms with Gasteiger partial charge in [0.15, 0.2) is 0 Å². The molecular formula is C19H21NO6S. The second kappa shape index (κ2) is 8.68. The van der Waals surface area contributed by atoms with Crippen LogP contribution in [0.2, 0.25) is 0 Å². The first kappa shape index (κ1) is 20.4. The van der Waals surface area contributed by atoms with Gasteiger partial charge in [0, 0.05) is 0 Å². The minimum atomic E-state index is -4.01. The van der Waals surface area contributed by atoms with Gasteiger partial charge in [-0.1, -0.05) is 17.7 Å². The van der Waals surface area contributed by atoms with Gasteiger partial charge in [0.25, 0.3) is 10.0 Å². The van der Waals surface area contributed by atoms with Crippen LogP contribution in [0.15, 0.2) is 53.4 Å². The van der Waals surface area contributed by atoms with Crippen LogP contribution in [-0.4, -0.2) is 40.6 Å². The van der Waals surface area contributed by atoms with E-state index in [0.29, 0.717) is 0 Å². The molecule has 0 aliphatic rings. The van der Waals surface area contributed by atoms with Crippen molar-refractivity contribution in [2.45, 2.75) is 18.7 Å². The van der Waals surface area contributed by atoms with E-state index in [2.05, 4.69) is 4.74 Å². The van der Waals surface area contributed by atoms with E-state index in [1.807, 2.05) is 6.92 Å². The normalized spacial score (nSPS) is 10.9. The SMILES string of the molecule is CCOC(=O)CN(c1ccc(C(=O)OC)cc1)S(=O)(=O)c1ccc(C)cc1. The highest BCUT2D eigenvalue weighted by molar-refractivity contribution is 7.92. The lowest BCUT2D eigenvalue weighted by atomic mass is 10.2. The highest BCUT2D eigenvalue weighted by Gasteiger charge is 2.27. The summed E-state index contributed by atoms with van der Waals surface area (Å²) in [7, 11) is -2.75. The molecule has 0 saturated carbocycles. The summed E-state index contributed by atoms with van der Waals surface area (Å²) in [6.45, 7) is 3.14. The molecule has 0 fully saturated rings. The molecular weight excluding hydrogens is 370 g/mol. The largest absolute Gasteiger partial charge is 0.465 e. The first-order valence-corrected chi connectivity index (χ1v) is 9.67. The number of methoxy groups -OCH3 is 1. The zero-order chi connectivity index (χ0) is 20.0. The summed E-state index contributed by atoms with van der Waals surface area (Å²) < 4.78 is 36.7. The molecule has 0 aromatic heterocycles. The molecule has 27 heavy (non-hydrogen) atoms.